The molecule has 6 heteroatoms. The number of aryl methyl sites for hydroxylation is 1. The van der Waals surface area contributed by atoms with E-state index in [0.717, 1.165) is 25.2 Å². The van der Waals surface area contributed by atoms with E-state index in [-0.39, 0.29) is 4.90 Å². The van der Waals surface area contributed by atoms with Gasteiger partial charge >= 0.3 is 0 Å². The predicted octanol–water partition coefficient (Wildman–Crippen LogP) is 0.951. The van der Waals surface area contributed by atoms with Crippen molar-refractivity contribution in [1.82, 2.24) is 9.62 Å². The van der Waals surface area contributed by atoms with Crippen molar-refractivity contribution in [2.75, 3.05) is 31.9 Å². The van der Waals surface area contributed by atoms with Gasteiger partial charge in [0, 0.05) is 18.8 Å². The molecule has 1 aliphatic heterocycles. The third-order valence-electron chi connectivity index (χ3n) is 3.30. The number of nitrogens with two attached hydrogens (primary N) is 1. The molecule has 1 aromatic carbocycles. The lowest BCUT2D eigenvalue weighted by Crippen LogP contribution is -2.33. The minimum Gasteiger partial charge on any atom is -0.399 e. The Bertz CT molecular complexity index is 517. The Morgan fingerprint density at radius 2 is 1.95 bits per heavy atom. The molecular weight excluding hydrogens is 262 g/mol. The van der Waals surface area contributed by atoms with Crippen LogP contribution in [0.15, 0.2) is 23.1 Å². The highest BCUT2D eigenvalue weighted by Crippen LogP contribution is 2.16. The van der Waals surface area contributed by atoms with E-state index >= 15 is 0 Å². The molecule has 0 aliphatic carbocycles. The molecule has 106 valence electrons. The average molecular weight is 283 g/mol. The first-order valence-corrected chi connectivity index (χ1v) is 8.05. The summed E-state index contributed by atoms with van der Waals surface area (Å²) in [5.41, 5.74) is 7.00. The van der Waals surface area contributed by atoms with Gasteiger partial charge in [-0.05, 0) is 56.6 Å². The topological polar surface area (TPSA) is 75.4 Å². The van der Waals surface area contributed by atoms with Gasteiger partial charge < -0.3 is 10.6 Å². The minimum atomic E-state index is -3.45. The zero-order valence-electron chi connectivity index (χ0n) is 11.2. The van der Waals surface area contributed by atoms with Gasteiger partial charge in [0.2, 0.25) is 10.0 Å². The van der Waals surface area contributed by atoms with Crippen LogP contribution in [0, 0.1) is 6.92 Å². The van der Waals surface area contributed by atoms with Crippen LogP contribution in [0.1, 0.15) is 18.4 Å². The van der Waals surface area contributed by atoms with Crippen molar-refractivity contribution in [3.05, 3.63) is 23.8 Å². The smallest absolute Gasteiger partial charge is 0.240 e. The molecule has 0 saturated carbocycles. The molecule has 5 nitrogen and oxygen atoms in total. The zero-order valence-corrected chi connectivity index (χ0v) is 12.0. The van der Waals surface area contributed by atoms with Crippen molar-refractivity contribution in [2.45, 2.75) is 24.7 Å². The Hall–Kier alpha value is -1.11. The molecular formula is C13H21N3O2S. The highest BCUT2D eigenvalue weighted by molar-refractivity contribution is 7.89. The van der Waals surface area contributed by atoms with Crippen LogP contribution in [-0.4, -0.2) is 39.5 Å². The maximum atomic E-state index is 12.1. The van der Waals surface area contributed by atoms with E-state index in [9.17, 15) is 8.42 Å². The number of nitrogens with zero attached hydrogens (tertiary/aromatic N) is 1. The van der Waals surface area contributed by atoms with Crippen molar-refractivity contribution in [3.8, 4) is 0 Å². The van der Waals surface area contributed by atoms with Crippen LogP contribution in [-0.2, 0) is 10.0 Å². The zero-order chi connectivity index (χ0) is 13.9. The molecule has 0 bridgehead atoms. The summed E-state index contributed by atoms with van der Waals surface area (Å²) in [5.74, 6) is 0. The molecule has 0 unspecified atom stereocenters. The first-order valence-electron chi connectivity index (χ1n) is 6.56. The van der Waals surface area contributed by atoms with E-state index in [0.29, 0.717) is 12.2 Å². The molecule has 0 amide bonds. The second kappa shape index (κ2) is 5.90. The molecule has 1 saturated heterocycles. The number of anilines is 1. The lowest BCUT2D eigenvalue weighted by molar-refractivity contribution is 0.344. The lowest BCUT2D eigenvalue weighted by atomic mass is 10.2. The maximum Gasteiger partial charge on any atom is 0.240 e. The number of likely N-dealkylation sites (tertiary alicyclic amines) is 1. The van der Waals surface area contributed by atoms with E-state index in [1.165, 1.54) is 18.9 Å². The van der Waals surface area contributed by atoms with E-state index in [4.69, 9.17) is 5.73 Å². The summed E-state index contributed by atoms with van der Waals surface area (Å²) in [7, 11) is -3.45. The van der Waals surface area contributed by atoms with Crippen LogP contribution in [0.3, 0.4) is 0 Å². The summed E-state index contributed by atoms with van der Waals surface area (Å²) >= 11 is 0. The van der Waals surface area contributed by atoms with Crippen molar-refractivity contribution in [2.24, 2.45) is 0 Å². The SMILES string of the molecule is Cc1cc(N)cc(S(=O)(=O)NCCN2CCCC2)c1. The molecule has 0 radical (unpaired) electrons. The second-order valence-corrected chi connectivity index (χ2v) is 6.79. The second-order valence-electron chi connectivity index (χ2n) is 5.03. The van der Waals surface area contributed by atoms with Gasteiger partial charge in [-0.2, -0.15) is 0 Å². The van der Waals surface area contributed by atoms with Gasteiger partial charge in [-0.15, -0.1) is 0 Å². The van der Waals surface area contributed by atoms with Crippen molar-refractivity contribution in [1.29, 1.82) is 0 Å². The Morgan fingerprint density at radius 1 is 1.26 bits per heavy atom. The number of sulfonamides is 1. The van der Waals surface area contributed by atoms with Crippen LogP contribution in [0.2, 0.25) is 0 Å². The number of benzene rings is 1. The van der Waals surface area contributed by atoms with E-state index in [1.807, 2.05) is 6.92 Å². The van der Waals surface area contributed by atoms with Gasteiger partial charge in [0.05, 0.1) is 4.90 Å². The molecule has 0 aromatic heterocycles. The molecule has 1 fully saturated rings. The monoisotopic (exact) mass is 283 g/mol. The fourth-order valence-corrected chi connectivity index (χ4v) is 3.52. The normalized spacial score (nSPS) is 16.9. The summed E-state index contributed by atoms with van der Waals surface area (Å²) in [6.45, 7) is 5.18. The minimum absolute atomic E-state index is 0.242. The fourth-order valence-electron chi connectivity index (χ4n) is 2.36. The Balaban J connectivity index is 1.97. The molecule has 0 spiro atoms. The molecule has 1 aromatic rings. The Labute approximate surface area is 114 Å². The van der Waals surface area contributed by atoms with Crippen molar-refractivity contribution in [3.63, 3.8) is 0 Å². The van der Waals surface area contributed by atoms with Gasteiger partial charge in [-0.3, -0.25) is 0 Å². The number of nitrogens with one attached hydrogen (secondary N) is 1. The fraction of sp³-hybridized carbons (Fsp3) is 0.538. The van der Waals surface area contributed by atoms with E-state index in [1.54, 1.807) is 12.1 Å². The lowest BCUT2D eigenvalue weighted by Gasteiger charge is -2.15. The largest absolute Gasteiger partial charge is 0.399 e. The van der Waals surface area contributed by atoms with Gasteiger partial charge in [0.15, 0.2) is 0 Å². The Morgan fingerprint density at radius 3 is 2.58 bits per heavy atom. The summed E-state index contributed by atoms with van der Waals surface area (Å²) < 4.78 is 26.9. The number of hydrogen-bond donors (Lipinski definition) is 2. The van der Waals surface area contributed by atoms with Crippen LogP contribution >= 0.6 is 0 Å². The molecule has 1 aliphatic rings. The number of rotatable bonds is 5. The van der Waals surface area contributed by atoms with Gasteiger partial charge in [-0.25, -0.2) is 13.1 Å². The van der Waals surface area contributed by atoms with E-state index in [2.05, 4.69) is 9.62 Å². The van der Waals surface area contributed by atoms with Crippen molar-refractivity contribution >= 4 is 15.7 Å². The maximum absolute atomic E-state index is 12.1. The van der Waals surface area contributed by atoms with Crippen LogP contribution in [0.25, 0.3) is 0 Å². The highest BCUT2D eigenvalue weighted by Gasteiger charge is 2.16. The van der Waals surface area contributed by atoms with Gasteiger partial charge in [0.1, 0.15) is 0 Å². The molecule has 3 N–H and O–H groups in total. The number of hydrogen-bond acceptors (Lipinski definition) is 4. The molecule has 0 atom stereocenters. The first-order chi connectivity index (χ1) is 8.97. The van der Waals surface area contributed by atoms with Crippen LogP contribution < -0.4 is 10.5 Å². The summed E-state index contributed by atoms with van der Waals surface area (Å²) in [4.78, 5) is 2.51. The third-order valence-corrected chi connectivity index (χ3v) is 4.74. The number of nitrogen functional groups attached to an aromatic ring is 1. The first kappa shape index (κ1) is 14.3. The standard InChI is InChI=1S/C13H21N3O2S/c1-11-8-12(14)10-13(9-11)19(17,18)15-4-7-16-5-2-3-6-16/h8-10,15H,2-7,14H2,1H3. The average Bonchev–Trinajstić information content (AvgIpc) is 2.80. The van der Waals surface area contributed by atoms with E-state index < -0.39 is 10.0 Å². The quantitative estimate of drug-likeness (QED) is 0.789. The predicted molar refractivity (Wildman–Crippen MR) is 76.5 cm³/mol. The third kappa shape index (κ3) is 3.92. The van der Waals surface area contributed by atoms with Gasteiger partial charge in [-0.1, -0.05) is 0 Å². The molecule has 2 rings (SSSR count). The van der Waals surface area contributed by atoms with Gasteiger partial charge in [0.25, 0.3) is 0 Å². The summed E-state index contributed by atoms with van der Waals surface area (Å²) in [6, 6.07) is 4.88. The highest BCUT2D eigenvalue weighted by atomic mass is 32.2. The van der Waals surface area contributed by atoms with Crippen LogP contribution in [0.5, 0.6) is 0 Å². The Kier molecular flexibility index (Phi) is 4.44. The van der Waals surface area contributed by atoms with Crippen molar-refractivity contribution < 1.29 is 8.42 Å². The molecule has 19 heavy (non-hydrogen) atoms. The summed E-state index contributed by atoms with van der Waals surface area (Å²) in [5, 5.41) is 0. The van der Waals surface area contributed by atoms with Crippen LogP contribution in [0.4, 0.5) is 5.69 Å². The summed E-state index contributed by atoms with van der Waals surface area (Å²) in [6.07, 6.45) is 2.42. The molecule has 1 heterocycles.